The first kappa shape index (κ1) is 22.7. The zero-order chi connectivity index (χ0) is 22.2. The molecule has 1 aromatic heterocycles. The second-order valence-electron chi connectivity index (χ2n) is 7.16. The molecule has 0 spiro atoms. The molecule has 6 nitrogen and oxygen atoms in total. The van der Waals surface area contributed by atoms with E-state index in [9.17, 15) is 9.59 Å². The van der Waals surface area contributed by atoms with Crippen molar-refractivity contribution < 1.29 is 18.7 Å². The van der Waals surface area contributed by atoms with Crippen molar-refractivity contribution in [2.24, 2.45) is 0 Å². The molecule has 0 fully saturated rings. The molecule has 0 aliphatic rings. The van der Waals surface area contributed by atoms with Crippen molar-refractivity contribution in [3.8, 4) is 5.75 Å². The second-order valence-corrected chi connectivity index (χ2v) is 8.15. The van der Waals surface area contributed by atoms with Crippen LogP contribution in [-0.4, -0.2) is 36.5 Å². The van der Waals surface area contributed by atoms with Crippen LogP contribution in [0.3, 0.4) is 0 Å². The number of hydrogen-bond acceptors (Lipinski definition) is 5. The number of nitrogens with one attached hydrogen (secondary N) is 2. The van der Waals surface area contributed by atoms with E-state index in [-0.39, 0.29) is 17.9 Å². The maximum Gasteiger partial charge on any atom is 0.251 e. The molecule has 2 unspecified atom stereocenters. The number of amides is 2. The molecule has 7 heteroatoms. The minimum Gasteiger partial charge on any atom is -0.490 e. The summed E-state index contributed by atoms with van der Waals surface area (Å²) in [5, 5.41) is 6.75. The summed E-state index contributed by atoms with van der Waals surface area (Å²) in [5.41, 5.74) is 1.19. The summed E-state index contributed by atoms with van der Waals surface area (Å²) in [7, 11) is 0. The Morgan fingerprint density at radius 2 is 1.87 bits per heavy atom. The molecule has 0 aliphatic heterocycles. The van der Waals surface area contributed by atoms with E-state index in [1.54, 1.807) is 36.0 Å². The number of para-hydroxylation sites is 1. The maximum atomic E-state index is 13.0. The van der Waals surface area contributed by atoms with Crippen LogP contribution in [0.5, 0.6) is 5.75 Å². The van der Waals surface area contributed by atoms with Crippen molar-refractivity contribution in [3.63, 3.8) is 0 Å². The van der Waals surface area contributed by atoms with Gasteiger partial charge in [0.2, 0.25) is 5.91 Å². The van der Waals surface area contributed by atoms with E-state index in [4.69, 9.17) is 9.15 Å². The van der Waals surface area contributed by atoms with Gasteiger partial charge < -0.3 is 19.8 Å². The first-order chi connectivity index (χ1) is 15.0. The van der Waals surface area contributed by atoms with Crippen LogP contribution in [0, 0.1) is 0 Å². The SMILES string of the molecule is CCOc1cccc2cc(C(C)NC(=O)C(CCSC)NC(=O)c3ccccc3)oc12. The van der Waals surface area contributed by atoms with Crippen LogP contribution < -0.4 is 15.4 Å². The van der Waals surface area contributed by atoms with Crippen LogP contribution in [0.15, 0.2) is 59.0 Å². The van der Waals surface area contributed by atoms with Crippen molar-refractivity contribution in [3.05, 3.63) is 65.9 Å². The Hall–Kier alpha value is -2.93. The van der Waals surface area contributed by atoms with Gasteiger partial charge in [-0.25, -0.2) is 0 Å². The van der Waals surface area contributed by atoms with Gasteiger partial charge in [-0.1, -0.05) is 30.3 Å². The number of fused-ring (bicyclic) bond motifs is 1. The molecule has 2 N–H and O–H groups in total. The Labute approximate surface area is 186 Å². The van der Waals surface area contributed by atoms with Gasteiger partial charge in [0.1, 0.15) is 11.8 Å². The average Bonchev–Trinajstić information content (AvgIpc) is 3.23. The summed E-state index contributed by atoms with van der Waals surface area (Å²) in [6.07, 6.45) is 2.51. The molecule has 0 bridgehead atoms. The van der Waals surface area contributed by atoms with E-state index in [1.165, 1.54) is 0 Å². The van der Waals surface area contributed by atoms with Crippen molar-refractivity contribution in [1.82, 2.24) is 10.6 Å². The molecule has 31 heavy (non-hydrogen) atoms. The molecular weight excluding hydrogens is 412 g/mol. The molecule has 2 atom stereocenters. The van der Waals surface area contributed by atoms with Gasteiger partial charge in [-0.3, -0.25) is 9.59 Å². The van der Waals surface area contributed by atoms with Crippen LogP contribution in [0.4, 0.5) is 0 Å². The third-order valence-corrected chi connectivity index (χ3v) is 5.52. The fraction of sp³-hybridized carbons (Fsp3) is 0.333. The molecular formula is C24H28N2O4S. The number of ether oxygens (including phenoxy) is 1. The number of carbonyl (C=O) groups is 2. The largest absolute Gasteiger partial charge is 0.490 e. The first-order valence-electron chi connectivity index (χ1n) is 10.3. The molecule has 0 radical (unpaired) electrons. The van der Waals surface area contributed by atoms with Gasteiger partial charge in [-0.15, -0.1) is 0 Å². The molecule has 0 saturated heterocycles. The van der Waals surface area contributed by atoms with Crippen molar-refractivity contribution in [1.29, 1.82) is 0 Å². The van der Waals surface area contributed by atoms with Gasteiger partial charge in [0.05, 0.1) is 12.6 Å². The van der Waals surface area contributed by atoms with Crippen LogP contribution >= 0.6 is 11.8 Å². The van der Waals surface area contributed by atoms with Gasteiger partial charge in [-0.05, 0) is 56.5 Å². The van der Waals surface area contributed by atoms with E-state index in [2.05, 4.69) is 10.6 Å². The normalized spacial score (nSPS) is 12.9. The van der Waals surface area contributed by atoms with Gasteiger partial charge in [0.15, 0.2) is 11.3 Å². The number of furan rings is 1. The summed E-state index contributed by atoms with van der Waals surface area (Å²) in [6, 6.07) is 15.5. The number of rotatable bonds is 10. The Balaban J connectivity index is 1.72. The van der Waals surface area contributed by atoms with Crippen LogP contribution in [0.1, 0.15) is 42.4 Å². The highest BCUT2D eigenvalue weighted by molar-refractivity contribution is 7.98. The molecule has 3 aromatic rings. The Bertz CT molecular complexity index is 1020. The smallest absolute Gasteiger partial charge is 0.251 e. The summed E-state index contributed by atoms with van der Waals surface area (Å²) in [5.74, 6) is 1.56. The predicted octanol–water partition coefficient (Wildman–Crippen LogP) is 4.56. The fourth-order valence-electron chi connectivity index (χ4n) is 3.26. The second kappa shape index (κ2) is 10.9. The molecule has 2 amide bonds. The summed E-state index contributed by atoms with van der Waals surface area (Å²) in [6.45, 7) is 4.32. The number of thioether (sulfide) groups is 1. The van der Waals surface area contributed by atoms with E-state index >= 15 is 0 Å². The van der Waals surface area contributed by atoms with E-state index in [1.807, 2.05) is 50.4 Å². The van der Waals surface area contributed by atoms with E-state index in [0.717, 1.165) is 11.1 Å². The van der Waals surface area contributed by atoms with Gasteiger partial charge in [0, 0.05) is 10.9 Å². The lowest BCUT2D eigenvalue weighted by Crippen LogP contribution is -2.47. The number of carbonyl (C=O) groups excluding carboxylic acids is 2. The number of hydrogen-bond donors (Lipinski definition) is 2. The first-order valence-corrected chi connectivity index (χ1v) is 11.7. The minimum absolute atomic E-state index is 0.240. The van der Waals surface area contributed by atoms with Gasteiger partial charge >= 0.3 is 0 Å². The molecule has 0 saturated carbocycles. The Morgan fingerprint density at radius 1 is 1.10 bits per heavy atom. The van der Waals surface area contributed by atoms with Gasteiger partial charge in [-0.2, -0.15) is 11.8 Å². The van der Waals surface area contributed by atoms with Gasteiger partial charge in [0.25, 0.3) is 5.91 Å². The zero-order valence-corrected chi connectivity index (χ0v) is 18.8. The highest BCUT2D eigenvalue weighted by Gasteiger charge is 2.24. The zero-order valence-electron chi connectivity index (χ0n) is 18.0. The minimum atomic E-state index is -0.633. The quantitative estimate of drug-likeness (QED) is 0.483. The predicted molar refractivity (Wildman–Crippen MR) is 125 cm³/mol. The van der Waals surface area contributed by atoms with E-state index < -0.39 is 6.04 Å². The molecule has 3 rings (SSSR count). The Morgan fingerprint density at radius 3 is 2.58 bits per heavy atom. The van der Waals surface area contributed by atoms with Crippen LogP contribution in [-0.2, 0) is 4.79 Å². The highest BCUT2D eigenvalue weighted by atomic mass is 32.2. The fourth-order valence-corrected chi connectivity index (χ4v) is 3.73. The average molecular weight is 441 g/mol. The maximum absolute atomic E-state index is 13.0. The highest BCUT2D eigenvalue weighted by Crippen LogP contribution is 2.31. The lowest BCUT2D eigenvalue weighted by molar-refractivity contribution is -0.123. The van der Waals surface area contributed by atoms with Crippen molar-refractivity contribution in [2.45, 2.75) is 32.4 Å². The topological polar surface area (TPSA) is 80.6 Å². The third-order valence-electron chi connectivity index (χ3n) is 4.88. The molecule has 2 aromatic carbocycles. The number of benzene rings is 2. The third kappa shape index (κ3) is 5.82. The van der Waals surface area contributed by atoms with Crippen LogP contribution in [0.2, 0.25) is 0 Å². The molecule has 0 aliphatic carbocycles. The van der Waals surface area contributed by atoms with Crippen LogP contribution in [0.25, 0.3) is 11.0 Å². The summed E-state index contributed by atoms with van der Waals surface area (Å²) >= 11 is 1.63. The van der Waals surface area contributed by atoms with E-state index in [0.29, 0.717) is 35.7 Å². The monoisotopic (exact) mass is 440 g/mol. The summed E-state index contributed by atoms with van der Waals surface area (Å²) in [4.78, 5) is 25.5. The molecule has 164 valence electrons. The van der Waals surface area contributed by atoms with Crippen molar-refractivity contribution in [2.75, 3.05) is 18.6 Å². The van der Waals surface area contributed by atoms with Crippen molar-refractivity contribution >= 4 is 34.5 Å². The summed E-state index contributed by atoms with van der Waals surface area (Å²) < 4.78 is 11.6. The molecule has 1 heterocycles. The lowest BCUT2D eigenvalue weighted by Gasteiger charge is -2.20. The lowest BCUT2D eigenvalue weighted by atomic mass is 10.1. The standard InChI is InChI=1S/C24H28N2O4S/c1-4-29-20-12-8-11-18-15-21(30-22(18)20)16(2)25-24(28)19(13-14-31-3)26-23(27)17-9-6-5-7-10-17/h5-12,15-16,19H,4,13-14H2,1-3H3,(H,25,28)(H,26,27). The Kier molecular flexibility index (Phi) is 8.00.